The SMILES string of the molecule is CC(=O)CCCc1cccc(OCCOC(=O)OCCc2cccc(OCCOC(=O)OCCCCCCCCc3cccc(OCCO)c3)c2)c1. The Balaban J connectivity index is 1.14. The van der Waals surface area contributed by atoms with Crippen molar-refractivity contribution in [3.8, 4) is 17.2 Å². The van der Waals surface area contributed by atoms with Gasteiger partial charge >= 0.3 is 12.3 Å². The molecule has 0 radical (unpaired) electrons. The van der Waals surface area contributed by atoms with Crippen molar-refractivity contribution in [1.29, 1.82) is 0 Å². The van der Waals surface area contributed by atoms with E-state index in [9.17, 15) is 14.4 Å². The molecule has 0 amide bonds. The van der Waals surface area contributed by atoms with Gasteiger partial charge in [0.1, 0.15) is 56.1 Å². The first-order chi connectivity index (χ1) is 25.4. The number of ether oxygens (including phenoxy) is 7. The van der Waals surface area contributed by atoms with Crippen molar-refractivity contribution in [2.45, 2.75) is 77.6 Å². The Labute approximate surface area is 307 Å². The van der Waals surface area contributed by atoms with E-state index in [1.165, 1.54) is 5.56 Å². The molecule has 0 atom stereocenters. The zero-order valence-corrected chi connectivity index (χ0v) is 30.4. The second-order valence-corrected chi connectivity index (χ2v) is 12.3. The minimum absolute atomic E-state index is 0.00761. The zero-order chi connectivity index (χ0) is 37.1. The molecule has 0 spiro atoms. The van der Waals surface area contributed by atoms with Gasteiger partial charge in [-0.1, -0.05) is 62.1 Å². The van der Waals surface area contributed by atoms with Crippen molar-refractivity contribution in [1.82, 2.24) is 0 Å². The van der Waals surface area contributed by atoms with Gasteiger partial charge in [-0.05, 0) is 92.1 Å². The van der Waals surface area contributed by atoms with Crippen LogP contribution >= 0.6 is 0 Å². The van der Waals surface area contributed by atoms with Gasteiger partial charge in [-0.2, -0.15) is 0 Å². The molecule has 0 bridgehead atoms. The largest absolute Gasteiger partial charge is 0.508 e. The summed E-state index contributed by atoms with van der Waals surface area (Å²) in [7, 11) is 0. The molecule has 0 fully saturated rings. The van der Waals surface area contributed by atoms with Crippen LogP contribution in [0.2, 0.25) is 0 Å². The first-order valence-electron chi connectivity index (χ1n) is 18.3. The number of benzene rings is 3. The van der Waals surface area contributed by atoms with Gasteiger partial charge in [0.2, 0.25) is 0 Å². The fraction of sp³-hybridized carbons (Fsp3) is 0.488. The van der Waals surface area contributed by atoms with Gasteiger partial charge in [0.05, 0.1) is 19.8 Å². The van der Waals surface area contributed by atoms with Crippen molar-refractivity contribution in [3.63, 3.8) is 0 Å². The average Bonchev–Trinajstić information content (AvgIpc) is 3.14. The molecular formula is C41H54O11. The summed E-state index contributed by atoms with van der Waals surface area (Å²) in [5, 5.41) is 8.89. The number of unbranched alkanes of at least 4 members (excludes halogenated alkanes) is 5. The molecule has 11 nitrogen and oxygen atoms in total. The zero-order valence-electron chi connectivity index (χ0n) is 30.4. The van der Waals surface area contributed by atoms with Crippen LogP contribution in [0, 0.1) is 0 Å². The first-order valence-corrected chi connectivity index (χ1v) is 18.3. The van der Waals surface area contributed by atoms with Gasteiger partial charge in [0, 0.05) is 12.8 Å². The Hall–Kier alpha value is -4.77. The molecule has 3 aromatic carbocycles. The van der Waals surface area contributed by atoms with Crippen LogP contribution in [0.5, 0.6) is 17.2 Å². The smallest absolute Gasteiger partial charge is 0.491 e. The van der Waals surface area contributed by atoms with E-state index in [0.29, 0.717) is 37.6 Å². The van der Waals surface area contributed by atoms with Gasteiger partial charge in [0.25, 0.3) is 0 Å². The van der Waals surface area contributed by atoms with E-state index < -0.39 is 12.3 Å². The number of aliphatic hydroxyl groups is 1. The Bertz CT molecular complexity index is 1460. The van der Waals surface area contributed by atoms with Crippen LogP contribution < -0.4 is 14.2 Å². The molecule has 52 heavy (non-hydrogen) atoms. The molecule has 0 unspecified atom stereocenters. The van der Waals surface area contributed by atoms with E-state index in [-0.39, 0.29) is 45.4 Å². The third kappa shape index (κ3) is 19.6. The molecule has 284 valence electrons. The Morgan fingerprint density at radius 2 is 0.923 bits per heavy atom. The highest BCUT2D eigenvalue weighted by molar-refractivity contribution is 5.75. The highest BCUT2D eigenvalue weighted by atomic mass is 16.7. The molecule has 1 N–H and O–H groups in total. The predicted molar refractivity (Wildman–Crippen MR) is 196 cm³/mol. The summed E-state index contributed by atoms with van der Waals surface area (Å²) >= 11 is 0. The molecule has 0 aromatic heterocycles. The van der Waals surface area contributed by atoms with Crippen molar-refractivity contribution in [3.05, 3.63) is 89.5 Å². The molecule has 0 aliphatic heterocycles. The minimum atomic E-state index is -0.769. The number of rotatable bonds is 27. The van der Waals surface area contributed by atoms with Crippen molar-refractivity contribution >= 4 is 18.1 Å². The van der Waals surface area contributed by atoms with Crippen LogP contribution in [-0.2, 0) is 43.0 Å². The average molecular weight is 723 g/mol. The minimum Gasteiger partial charge on any atom is -0.491 e. The fourth-order valence-corrected chi connectivity index (χ4v) is 5.28. The molecule has 11 heteroatoms. The van der Waals surface area contributed by atoms with E-state index in [1.807, 2.05) is 60.7 Å². The second-order valence-electron chi connectivity index (χ2n) is 12.3. The van der Waals surface area contributed by atoms with Gasteiger partial charge in [-0.25, -0.2) is 9.59 Å². The van der Waals surface area contributed by atoms with E-state index >= 15 is 0 Å². The number of Topliss-reactive ketones (excluding diaryl/α,β-unsaturated/α-hetero) is 1. The number of aryl methyl sites for hydroxylation is 2. The maximum absolute atomic E-state index is 12.0. The molecule has 0 heterocycles. The third-order valence-corrected chi connectivity index (χ3v) is 7.88. The summed E-state index contributed by atoms with van der Waals surface area (Å²) in [6, 6.07) is 23.0. The Morgan fingerprint density at radius 3 is 1.46 bits per heavy atom. The second kappa shape index (κ2) is 26.1. The first kappa shape index (κ1) is 41.6. The van der Waals surface area contributed by atoms with Crippen LogP contribution in [0.25, 0.3) is 0 Å². The third-order valence-electron chi connectivity index (χ3n) is 7.88. The highest BCUT2D eigenvalue weighted by Crippen LogP contribution is 2.18. The Morgan fingerprint density at radius 1 is 0.481 bits per heavy atom. The molecule has 0 aliphatic rings. The van der Waals surface area contributed by atoms with Gasteiger partial charge in [0.15, 0.2) is 0 Å². The highest BCUT2D eigenvalue weighted by Gasteiger charge is 2.07. The summed E-state index contributed by atoms with van der Waals surface area (Å²) in [6.07, 6.45) is 8.37. The predicted octanol–water partition coefficient (Wildman–Crippen LogP) is 7.86. The number of hydrogen-bond acceptors (Lipinski definition) is 11. The number of carbonyl (C=O) groups is 3. The van der Waals surface area contributed by atoms with Gasteiger partial charge in [-0.15, -0.1) is 0 Å². The summed E-state index contributed by atoms with van der Waals surface area (Å²) in [6.45, 7) is 2.84. The summed E-state index contributed by atoms with van der Waals surface area (Å²) in [5.41, 5.74) is 3.23. The van der Waals surface area contributed by atoms with Crippen LogP contribution in [-0.4, -0.2) is 76.1 Å². The van der Waals surface area contributed by atoms with Crippen molar-refractivity contribution < 1.29 is 52.6 Å². The molecule has 3 aromatic rings. The molecular weight excluding hydrogens is 668 g/mol. The lowest BCUT2D eigenvalue weighted by atomic mass is 10.0. The summed E-state index contributed by atoms with van der Waals surface area (Å²) < 4.78 is 37.4. The molecule has 0 saturated heterocycles. The summed E-state index contributed by atoms with van der Waals surface area (Å²) in [4.78, 5) is 35.0. The van der Waals surface area contributed by atoms with Crippen molar-refractivity contribution in [2.75, 3.05) is 52.9 Å². The van der Waals surface area contributed by atoms with Gasteiger partial charge in [-0.3, -0.25) is 0 Å². The maximum atomic E-state index is 12.0. The van der Waals surface area contributed by atoms with E-state index in [4.69, 9.17) is 38.3 Å². The number of aliphatic hydroxyl groups excluding tert-OH is 1. The monoisotopic (exact) mass is 722 g/mol. The molecule has 0 saturated carbocycles. The summed E-state index contributed by atoms with van der Waals surface area (Å²) in [5.74, 6) is 2.26. The van der Waals surface area contributed by atoms with Crippen molar-refractivity contribution in [2.24, 2.45) is 0 Å². The van der Waals surface area contributed by atoms with Crippen LogP contribution in [0.4, 0.5) is 9.59 Å². The lowest BCUT2D eigenvalue weighted by Crippen LogP contribution is -2.15. The Kier molecular flexibility index (Phi) is 20.9. The maximum Gasteiger partial charge on any atom is 0.508 e. The normalized spacial score (nSPS) is 10.7. The number of hydrogen-bond donors (Lipinski definition) is 1. The lowest BCUT2D eigenvalue weighted by Gasteiger charge is -2.10. The van der Waals surface area contributed by atoms with E-state index in [0.717, 1.165) is 74.7 Å². The quantitative estimate of drug-likeness (QED) is 0.0608. The van der Waals surface area contributed by atoms with E-state index in [2.05, 4.69) is 6.07 Å². The lowest BCUT2D eigenvalue weighted by molar-refractivity contribution is -0.117. The standard InChI is InChI=1S/C41H54O11/c1-33(43)12-8-14-35-16-10-19-38(31-35)47-27-29-52-41(45)50-24-21-36-17-11-20-39(32-36)48-26-28-51-40(44)49-23-7-5-3-2-4-6-13-34-15-9-18-37(30-34)46-25-22-42/h9-11,15-20,30-32,42H,2-8,12-14,21-29H2,1H3. The van der Waals surface area contributed by atoms with Crippen LogP contribution in [0.1, 0.15) is 75.0 Å². The van der Waals surface area contributed by atoms with Gasteiger partial charge < -0.3 is 43.1 Å². The molecule has 0 aliphatic carbocycles. The van der Waals surface area contributed by atoms with Crippen LogP contribution in [0.15, 0.2) is 72.8 Å². The van der Waals surface area contributed by atoms with Crippen LogP contribution in [0.3, 0.4) is 0 Å². The number of carbonyl (C=O) groups excluding carboxylic acids is 3. The van der Waals surface area contributed by atoms with E-state index in [1.54, 1.807) is 13.0 Å². The molecule has 3 rings (SSSR count). The fourth-order valence-electron chi connectivity index (χ4n) is 5.28. The number of ketones is 1. The topological polar surface area (TPSA) is 136 Å².